The zero-order chi connectivity index (χ0) is 21.3. The maximum Gasteiger partial charge on any atom is 0.261 e. The fraction of sp³-hybridized carbons (Fsp3) is 0.0476. The van der Waals surface area contributed by atoms with E-state index < -0.39 is 15.9 Å². The van der Waals surface area contributed by atoms with E-state index in [1.807, 2.05) is 0 Å². The average molecular weight is 442 g/mol. The number of anilines is 3. The van der Waals surface area contributed by atoms with Gasteiger partial charge in [-0.25, -0.2) is 8.42 Å². The number of benzene rings is 3. The molecule has 7 nitrogen and oxygen atoms in total. The summed E-state index contributed by atoms with van der Waals surface area (Å²) in [6.07, 6.45) is 0.124. The first-order valence-corrected chi connectivity index (χ1v) is 10.8. The van der Waals surface area contributed by atoms with Crippen LogP contribution < -0.4 is 15.4 Å². The van der Waals surface area contributed by atoms with Gasteiger partial charge in [0.25, 0.3) is 15.9 Å². The molecule has 2 amide bonds. The van der Waals surface area contributed by atoms with E-state index in [2.05, 4.69) is 15.4 Å². The van der Waals surface area contributed by atoms with Gasteiger partial charge in [-0.1, -0.05) is 23.7 Å². The van der Waals surface area contributed by atoms with Crippen molar-refractivity contribution in [2.24, 2.45) is 0 Å². The van der Waals surface area contributed by atoms with Crippen molar-refractivity contribution >= 4 is 50.5 Å². The van der Waals surface area contributed by atoms with E-state index in [9.17, 15) is 18.0 Å². The maximum absolute atomic E-state index is 12.9. The van der Waals surface area contributed by atoms with E-state index in [4.69, 9.17) is 11.6 Å². The molecule has 3 aromatic rings. The van der Waals surface area contributed by atoms with Crippen molar-refractivity contribution < 1.29 is 18.0 Å². The molecule has 3 N–H and O–H groups in total. The topological polar surface area (TPSA) is 104 Å². The van der Waals surface area contributed by atoms with E-state index in [1.165, 1.54) is 24.3 Å². The monoisotopic (exact) mass is 441 g/mol. The summed E-state index contributed by atoms with van der Waals surface area (Å²) < 4.78 is 28.2. The second-order valence-corrected chi connectivity index (χ2v) is 8.77. The molecule has 152 valence electrons. The van der Waals surface area contributed by atoms with Crippen molar-refractivity contribution in [2.75, 3.05) is 15.4 Å². The molecule has 0 atom stereocenters. The first-order valence-electron chi connectivity index (χ1n) is 8.93. The predicted molar refractivity (Wildman–Crippen MR) is 115 cm³/mol. The van der Waals surface area contributed by atoms with Crippen LogP contribution in [0.5, 0.6) is 0 Å². The summed E-state index contributed by atoms with van der Waals surface area (Å²) in [6, 6.07) is 17.3. The third-order valence-electron chi connectivity index (χ3n) is 4.53. The number of rotatable bonds is 5. The third-order valence-corrected chi connectivity index (χ3v) is 6.15. The fourth-order valence-electron chi connectivity index (χ4n) is 3.08. The molecule has 0 aromatic heterocycles. The van der Waals surface area contributed by atoms with E-state index in [-0.39, 0.29) is 28.5 Å². The van der Waals surface area contributed by atoms with Crippen molar-refractivity contribution in [2.45, 2.75) is 11.3 Å². The number of para-hydroxylation sites is 1. The number of nitrogens with one attached hydrogen (secondary N) is 3. The van der Waals surface area contributed by atoms with Gasteiger partial charge in [0.2, 0.25) is 5.91 Å². The molecule has 1 aliphatic rings. The van der Waals surface area contributed by atoms with E-state index in [1.54, 1.807) is 42.5 Å². The van der Waals surface area contributed by atoms with Gasteiger partial charge in [-0.05, 0) is 60.2 Å². The van der Waals surface area contributed by atoms with E-state index >= 15 is 0 Å². The molecule has 0 fully saturated rings. The second kappa shape index (κ2) is 7.81. The highest BCUT2D eigenvalue weighted by Gasteiger charge is 2.23. The Balaban J connectivity index is 1.59. The first-order chi connectivity index (χ1) is 14.3. The molecule has 1 aliphatic heterocycles. The van der Waals surface area contributed by atoms with Gasteiger partial charge in [0, 0.05) is 16.4 Å². The van der Waals surface area contributed by atoms with Gasteiger partial charge in [-0.2, -0.15) is 0 Å². The highest BCUT2D eigenvalue weighted by molar-refractivity contribution is 7.92. The van der Waals surface area contributed by atoms with Crippen LogP contribution in [0.15, 0.2) is 71.6 Å². The largest absolute Gasteiger partial charge is 0.326 e. The lowest BCUT2D eigenvalue weighted by Gasteiger charge is -2.13. The molecule has 30 heavy (non-hydrogen) atoms. The standard InChI is InChI=1S/C21H16ClN3O4S/c22-14-5-7-15(8-6-14)23-21(27)17-3-1-2-4-19(17)25-30(28,29)16-9-10-18-13(11-16)12-20(26)24-18/h1-11,25H,12H2,(H,23,27)(H,24,26). The Bertz CT molecular complexity index is 1260. The lowest BCUT2D eigenvalue weighted by atomic mass is 10.1. The summed E-state index contributed by atoms with van der Waals surface area (Å²) >= 11 is 5.85. The van der Waals surface area contributed by atoms with E-state index in [0.29, 0.717) is 22.0 Å². The van der Waals surface area contributed by atoms with Gasteiger partial charge in [0.05, 0.1) is 22.6 Å². The number of halogens is 1. The molecule has 0 spiro atoms. The number of carbonyl (C=O) groups excluding carboxylic acids is 2. The summed E-state index contributed by atoms with van der Waals surface area (Å²) in [5, 5.41) is 5.91. The van der Waals surface area contributed by atoms with Gasteiger partial charge in [0.1, 0.15) is 0 Å². The Morgan fingerprint density at radius 3 is 2.50 bits per heavy atom. The Morgan fingerprint density at radius 2 is 1.73 bits per heavy atom. The SMILES string of the molecule is O=C1Cc2cc(S(=O)(=O)Nc3ccccc3C(=O)Nc3ccc(Cl)cc3)ccc2N1. The molecule has 0 unspecified atom stereocenters. The molecule has 9 heteroatoms. The average Bonchev–Trinajstić information content (AvgIpc) is 3.09. The van der Waals surface area contributed by atoms with Crippen LogP contribution >= 0.6 is 11.6 Å². The minimum absolute atomic E-state index is 0.00524. The van der Waals surface area contributed by atoms with Crippen LogP contribution in [0, 0.1) is 0 Å². The molecule has 0 saturated heterocycles. The van der Waals surface area contributed by atoms with Gasteiger partial charge in [0.15, 0.2) is 0 Å². The van der Waals surface area contributed by atoms with Crippen LogP contribution in [0.25, 0.3) is 0 Å². The number of fused-ring (bicyclic) bond motifs is 1. The Kier molecular flexibility index (Phi) is 5.19. The lowest BCUT2D eigenvalue weighted by molar-refractivity contribution is -0.115. The smallest absolute Gasteiger partial charge is 0.261 e. The highest BCUT2D eigenvalue weighted by Crippen LogP contribution is 2.28. The number of hydrogen-bond donors (Lipinski definition) is 3. The molecular formula is C21H16ClN3O4S. The Morgan fingerprint density at radius 1 is 1.00 bits per heavy atom. The van der Waals surface area contributed by atoms with Gasteiger partial charge < -0.3 is 10.6 Å². The molecule has 0 radical (unpaired) electrons. The van der Waals surface area contributed by atoms with Gasteiger partial charge >= 0.3 is 0 Å². The molecule has 0 aliphatic carbocycles. The van der Waals surface area contributed by atoms with Crippen molar-refractivity contribution in [1.29, 1.82) is 0 Å². The van der Waals surface area contributed by atoms with Crippen molar-refractivity contribution in [3.8, 4) is 0 Å². The normalized spacial score (nSPS) is 12.8. The van der Waals surface area contributed by atoms with Crippen molar-refractivity contribution in [3.63, 3.8) is 0 Å². The molecule has 0 saturated carbocycles. The van der Waals surface area contributed by atoms with Gasteiger partial charge in [-0.3, -0.25) is 14.3 Å². The van der Waals surface area contributed by atoms with Crippen LogP contribution in [0.1, 0.15) is 15.9 Å². The predicted octanol–water partition coefficient (Wildman–Crippen LogP) is 3.89. The third kappa shape index (κ3) is 4.14. The molecular weight excluding hydrogens is 426 g/mol. The number of hydrogen-bond acceptors (Lipinski definition) is 4. The second-order valence-electron chi connectivity index (χ2n) is 6.66. The zero-order valence-electron chi connectivity index (χ0n) is 15.5. The van der Waals surface area contributed by atoms with Crippen LogP contribution in [-0.4, -0.2) is 20.2 Å². The molecule has 4 rings (SSSR count). The maximum atomic E-state index is 12.9. The highest BCUT2D eigenvalue weighted by atomic mass is 35.5. The minimum Gasteiger partial charge on any atom is -0.326 e. The summed E-state index contributed by atoms with van der Waals surface area (Å²) in [5.74, 6) is -0.656. The first kappa shape index (κ1) is 19.9. The minimum atomic E-state index is -3.97. The van der Waals surface area contributed by atoms with Crippen LogP contribution in [0.3, 0.4) is 0 Å². The van der Waals surface area contributed by atoms with E-state index in [0.717, 1.165) is 0 Å². The fourth-order valence-corrected chi connectivity index (χ4v) is 4.33. The molecule has 1 heterocycles. The summed E-state index contributed by atoms with van der Waals surface area (Å²) in [5.41, 5.74) is 2.03. The summed E-state index contributed by atoms with van der Waals surface area (Å²) in [4.78, 5) is 24.2. The Hall–Kier alpha value is -3.36. The summed E-state index contributed by atoms with van der Waals surface area (Å²) in [6.45, 7) is 0. The van der Waals surface area contributed by atoms with Crippen molar-refractivity contribution in [3.05, 3.63) is 82.9 Å². The van der Waals surface area contributed by atoms with Crippen LogP contribution in [0.4, 0.5) is 17.1 Å². The van der Waals surface area contributed by atoms with Crippen LogP contribution in [-0.2, 0) is 21.2 Å². The summed E-state index contributed by atoms with van der Waals surface area (Å²) in [7, 11) is -3.97. The lowest BCUT2D eigenvalue weighted by Crippen LogP contribution is -2.18. The quantitative estimate of drug-likeness (QED) is 0.558. The molecule has 3 aromatic carbocycles. The van der Waals surface area contributed by atoms with Gasteiger partial charge in [-0.15, -0.1) is 0 Å². The number of carbonyl (C=O) groups is 2. The van der Waals surface area contributed by atoms with Crippen LogP contribution in [0.2, 0.25) is 5.02 Å². The zero-order valence-corrected chi connectivity index (χ0v) is 17.0. The number of sulfonamides is 1. The van der Waals surface area contributed by atoms with Crippen molar-refractivity contribution in [1.82, 2.24) is 0 Å². The number of amides is 2. The Labute approximate surface area is 178 Å². The molecule has 0 bridgehead atoms.